The minimum Gasteiger partial charge on any atom is -0.361 e. The van der Waals surface area contributed by atoms with E-state index in [-0.39, 0.29) is 5.91 Å². The van der Waals surface area contributed by atoms with E-state index >= 15 is 0 Å². The zero-order valence-corrected chi connectivity index (χ0v) is 16.1. The lowest BCUT2D eigenvalue weighted by Gasteiger charge is -2.45. The Morgan fingerprint density at radius 3 is 3.11 bits per heavy atom. The topological polar surface area (TPSA) is 73.9 Å². The predicted octanol–water partition coefficient (Wildman–Crippen LogP) is 3.34. The summed E-state index contributed by atoms with van der Waals surface area (Å²) in [5.74, 6) is 1.60. The number of aromatic amines is 1. The molecular formula is C22H25N5O. The number of nitrogens with zero attached hydrogens (tertiary/aromatic N) is 3. The first-order valence-electron chi connectivity index (χ1n) is 10.1. The van der Waals surface area contributed by atoms with Crippen molar-refractivity contribution in [1.82, 2.24) is 20.1 Å². The van der Waals surface area contributed by atoms with Gasteiger partial charge in [0.2, 0.25) is 5.91 Å². The summed E-state index contributed by atoms with van der Waals surface area (Å²) in [6.07, 6.45) is 7.46. The average Bonchev–Trinajstić information content (AvgIpc) is 3.12. The van der Waals surface area contributed by atoms with Gasteiger partial charge in [-0.25, -0.2) is 0 Å². The maximum absolute atomic E-state index is 12.3. The number of likely N-dealkylation sites (tertiary alicyclic amines) is 1. The Morgan fingerprint density at radius 1 is 1.32 bits per heavy atom. The quantitative estimate of drug-likeness (QED) is 0.733. The molecule has 5 rings (SSSR count). The number of amides is 1. The molecule has 1 aliphatic heterocycles. The SMILES string of the molecule is CN1CC(CCC(=O)Nc2cccnn2)C[C@@H]2c3cccc4[nH]cc(c34)C[C@H]21. The number of benzene rings is 1. The summed E-state index contributed by atoms with van der Waals surface area (Å²) in [5.41, 5.74) is 4.17. The first kappa shape index (κ1) is 17.4. The number of hydrogen-bond acceptors (Lipinski definition) is 4. The molecule has 28 heavy (non-hydrogen) atoms. The van der Waals surface area contributed by atoms with Gasteiger partial charge in [-0.1, -0.05) is 12.1 Å². The van der Waals surface area contributed by atoms with Crippen molar-refractivity contribution in [2.75, 3.05) is 18.9 Å². The Balaban J connectivity index is 1.29. The van der Waals surface area contributed by atoms with Crippen LogP contribution in [0.5, 0.6) is 0 Å². The van der Waals surface area contributed by atoms with Gasteiger partial charge in [0.25, 0.3) is 0 Å². The van der Waals surface area contributed by atoms with Crippen molar-refractivity contribution in [3.63, 3.8) is 0 Å². The van der Waals surface area contributed by atoms with Gasteiger partial charge < -0.3 is 15.2 Å². The van der Waals surface area contributed by atoms with Crippen LogP contribution in [-0.4, -0.2) is 45.6 Å². The number of rotatable bonds is 4. The van der Waals surface area contributed by atoms with E-state index in [0.29, 0.717) is 30.1 Å². The summed E-state index contributed by atoms with van der Waals surface area (Å²) in [6.45, 7) is 1.05. The number of hydrogen-bond donors (Lipinski definition) is 2. The summed E-state index contributed by atoms with van der Waals surface area (Å²) in [4.78, 5) is 18.3. The Morgan fingerprint density at radius 2 is 2.25 bits per heavy atom. The van der Waals surface area contributed by atoms with Gasteiger partial charge in [0.15, 0.2) is 5.82 Å². The molecular weight excluding hydrogens is 350 g/mol. The van der Waals surface area contributed by atoms with Gasteiger partial charge in [0.1, 0.15) is 0 Å². The number of fused-ring (bicyclic) bond motifs is 2. The van der Waals surface area contributed by atoms with E-state index < -0.39 is 0 Å². The van der Waals surface area contributed by atoms with Crippen LogP contribution >= 0.6 is 0 Å². The minimum atomic E-state index is 0.0175. The van der Waals surface area contributed by atoms with Crippen LogP contribution in [0.15, 0.2) is 42.7 Å². The minimum absolute atomic E-state index is 0.0175. The number of aromatic nitrogens is 3. The fraction of sp³-hybridized carbons (Fsp3) is 0.409. The largest absolute Gasteiger partial charge is 0.361 e. The van der Waals surface area contributed by atoms with Crippen molar-refractivity contribution in [3.05, 3.63) is 53.9 Å². The molecule has 2 aromatic heterocycles. The van der Waals surface area contributed by atoms with Gasteiger partial charge in [0.05, 0.1) is 0 Å². The highest BCUT2D eigenvalue weighted by Gasteiger charge is 2.39. The monoisotopic (exact) mass is 375 g/mol. The maximum atomic E-state index is 12.3. The summed E-state index contributed by atoms with van der Waals surface area (Å²) in [7, 11) is 2.24. The molecule has 1 aliphatic carbocycles. The molecule has 3 aromatic rings. The van der Waals surface area contributed by atoms with Crippen LogP contribution in [0.2, 0.25) is 0 Å². The third-order valence-corrected chi connectivity index (χ3v) is 6.43. The highest BCUT2D eigenvalue weighted by atomic mass is 16.1. The number of likely N-dealkylation sites (N-methyl/N-ethyl adjacent to an activating group) is 1. The Bertz CT molecular complexity index is 999. The lowest BCUT2D eigenvalue weighted by molar-refractivity contribution is -0.116. The number of piperidine rings is 1. The maximum Gasteiger partial charge on any atom is 0.225 e. The van der Waals surface area contributed by atoms with Crippen molar-refractivity contribution in [2.24, 2.45) is 5.92 Å². The second-order valence-corrected chi connectivity index (χ2v) is 8.20. The van der Waals surface area contributed by atoms with Crippen molar-refractivity contribution in [1.29, 1.82) is 0 Å². The fourth-order valence-corrected chi connectivity index (χ4v) is 5.17. The zero-order valence-electron chi connectivity index (χ0n) is 16.1. The van der Waals surface area contributed by atoms with E-state index in [1.54, 1.807) is 18.3 Å². The van der Waals surface area contributed by atoms with Gasteiger partial charge in [-0.2, -0.15) is 5.10 Å². The van der Waals surface area contributed by atoms with Crippen molar-refractivity contribution in [3.8, 4) is 0 Å². The summed E-state index contributed by atoms with van der Waals surface area (Å²) < 4.78 is 0. The molecule has 0 spiro atoms. The van der Waals surface area contributed by atoms with Crippen LogP contribution in [-0.2, 0) is 11.2 Å². The molecule has 1 aromatic carbocycles. The number of carbonyl (C=O) groups is 1. The number of nitrogens with one attached hydrogen (secondary N) is 2. The standard InChI is InChI=1S/C22H25N5O/c1-27-13-14(7-8-21(28)25-20-6-3-9-24-26-20)10-17-16-4-2-5-18-22(16)15(12-23-18)11-19(17)27/h2-6,9,12,14,17,19,23H,7-8,10-11,13H2,1H3,(H,25,26,28)/t14?,17-,19-/m1/s1. The highest BCUT2D eigenvalue weighted by molar-refractivity contribution is 5.89. The highest BCUT2D eigenvalue weighted by Crippen LogP contribution is 2.44. The van der Waals surface area contributed by atoms with Crippen molar-refractivity contribution < 1.29 is 4.79 Å². The zero-order chi connectivity index (χ0) is 19.1. The van der Waals surface area contributed by atoms with Crippen LogP contribution in [0.4, 0.5) is 5.82 Å². The molecule has 0 bridgehead atoms. The molecule has 0 saturated carbocycles. The van der Waals surface area contributed by atoms with Crippen LogP contribution in [0, 0.1) is 5.92 Å². The first-order chi connectivity index (χ1) is 13.7. The molecule has 3 atom stereocenters. The fourth-order valence-electron chi connectivity index (χ4n) is 5.17. The van der Waals surface area contributed by atoms with Crippen LogP contribution < -0.4 is 5.32 Å². The van der Waals surface area contributed by atoms with Crippen LogP contribution in [0.1, 0.15) is 36.3 Å². The molecule has 1 saturated heterocycles. The molecule has 6 heteroatoms. The second-order valence-electron chi connectivity index (χ2n) is 8.20. The summed E-state index contributed by atoms with van der Waals surface area (Å²) in [6, 6.07) is 10.7. The normalized spacial score (nSPS) is 24.1. The molecule has 0 radical (unpaired) electrons. The second kappa shape index (κ2) is 7.02. The van der Waals surface area contributed by atoms with E-state index in [9.17, 15) is 4.79 Å². The van der Waals surface area contributed by atoms with E-state index in [1.807, 2.05) is 0 Å². The Kier molecular flexibility index (Phi) is 4.36. The molecule has 2 aliphatic rings. The summed E-state index contributed by atoms with van der Waals surface area (Å²) in [5, 5.41) is 12.0. The number of H-pyrrole nitrogens is 1. The Labute approximate surface area is 164 Å². The molecule has 2 N–H and O–H groups in total. The van der Waals surface area contributed by atoms with Gasteiger partial charge >= 0.3 is 0 Å². The molecule has 1 amide bonds. The molecule has 6 nitrogen and oxygen atoms in total. The number of anilines is 1. The predicted molar refractivity (Wildman–Crippen MR) is 109 cm³/mol. The van der Waals surface area contributed by atoms with E-state index in [2.05, 4.69) is 56.8 Å². The molecule has 3 heterocycles. The van der Waals surface area contributed by atoms with Crippen molar-refractivity contribution >= 4 is 22.6 Å². The average molecular weight is 375 g/mol. The van der Waals surface area contributed by atoms with E-state index in [1.165, 1.54) is 22.0 Å². The molecule has 1 fully saturated rings. The van der Waals surface area contributed by atoms with Crippen LogP contribution in [0.3, 0.4) is 0 Å². The first-order valence-corrected chi connectivity index (χ1v) is 10.1. The Hall–Kier alpha value is -2.73. The van der Waals surface area contributed by atoms with Gasteiger partial charge in [0, 0.05) is 48.2 Å². The van der Waals surface area contributed by atoms with Gasteiger partial charge in [-0.3, -0.25) is 4.79 Å². The van der Waals surface area contributed by atoms with Crippen molar-refractivity contribution in [2.45, 2.75) is 37.6 Å². The third kappa shape index (κ3) is 3.07. The van der Waals surface area contributed by atoms with Gasteiger partial charge in [-0.15, -0.1) is 5.10 Å². The molecule has 1 unspecified atom stereocenters. The summed E-state index contributed by atoms with van der Waals surface area (Å²) >= 11 is 0. The molecule has 144 valence electrons. The smallest absolute Gasteiger partial charge is 0.225 e. The lowest BCUT2D eigenvalue weighted by Crippen LogP contribution is -2.47. The lowest BCUT2D eigenvalue weighted by atomic mass is 9.71. The van der Waals surface area contributed by atoms with Gasteiger partial charge in [-0.05, 0) is 61.6 Å². The van der Waals surface area contributed by atoms with E-state index in [4.69, 9.17) is 0 Å². The third-order valence-electron chi connectivity index (χ3n) is 6.43. The number of carbonyl (C=O) groups excluding carboxylic acids is 1. The van der Waals surface area contributed by atoms with Crippen LogP contribution in [0.25, 0.3) is 10.9 Å². The van der Waals surface area contributed by atoms with E-state index in [0.717, 1.165) is 25.8 Å².